The minimum absolute atomic E-state index is 0.669. The molecule has 3 rings (SSSR count). The number of nitrogens with zero attached hydrogens (tertiary/aromatic N) is 3. The van der Waals surface area contributed by atoms with Crippen LogP contribution in [0.1, 0.15) is 5.56 Å². The number of fused-ring (bicyclic) bond motifs is 1. The van der Waals surface area contributed by atoms with Crippen molar-refractivity contribution in [1.29, 1.82) is 0 Å². The van der Waals surface area contributed by atoms with E-state index in [9.17, 15) is 0 Å². The molecule has 0 saturated heterocycles. The molecule has 0 fully saturated rings. The van der Waals surface area contributed by atoms with Gasteiger partial charge in [-0.1, -0.05) is 11.6 Å². The molecule has 98 valence electrons. The van der Waals surface area contributed by atoms with Crippen LogP contribution in [0.3, 0.4) is 0 Å². The van der Waals surface area contributed by atoms with E-state index in [1.54, 1.807) is 24.8 Å². The fourth-order valence-corrected chi connectivity index (χ4v) is 2.01. The van der Waals surface area contributed by atoms with E-state index >= 15 is 0 Å². The van der Waals surface area contributed by atoms with Crippen molar-refractivity contribution in [3.05, 3.63) is 65.6 Å². The highest BCUT2D eigenvalue weighted by molar-refractivity contribution is 6.31. The van der Waals surface area contributed by atoms with Crippen molar-refractivity contribution < 1.29 is 0 Å². The van der Waals surface area contributed by atoms with Crippen LogP contribution in [0.5, 0.6) is 0 Å². The summed E-state index contributed by atoms with van der Waals surface area (Å²) in [5, 5.41) is 5.87. The summed E-state index contributed by atoms with van der Waals surface area (Å²) in [5.41, 5.74) is 5.72. The minimum atomic E-state index is 0.669. The Labute approximate surface area is 121 Å². The van der Waals surface area contributed by atoms with Crippen LogP contribution in [-0.4, -0.2) is 16.2 Å². The van der Waals surface area contributed by atoms with Gasteiger partial charge in [0, 0.05) is 29.0 Å². The Bertz CT molecular complexity index is 756. The normalized spacial score (nSPS) is 11.1. The van der Waals surface area contributed by atoms with Crippen LogP contribution in [-0.2, 0) is 0 Å². The summed E-state index contributed by atoms with van der Waals surface area (Å²) in [6.07, 6.45) is 6.92. The van der Waals surface area contributed by atoms with E-state index < -0.39 is 0 Å². The third kappa shape index (κ3) is 2.75. The van der Waals surface area contributed by atoms with Crippen LogP contribution >= 0.6 is 11.6 Å². The molecule has 0 radical (unpaired) electrons. The highest BCUT2D eigenvalue weighted by atomic mass is 35.5. The van der Waals surface area contributed by atoms with Gasteiger partial charge in [0.1, 0.15) is 0 Å². The van der Waals surface area contributed by atoms with E-state index in [4.69, 9.17) is 11.6 Å². The highest BCUT2D eigenvalue weighted by Gasteiger charge is 2.01. The third-order valence-electron chi connectivity index (χ3n) is 2.81. The van der Waals surface area contributed by atoms with Gasteiger partial charge in [-0.2, -0.15) is 5.10 Å². The SMILES string of the molecule is Clc1ccc2c(N/N=C\c3ccncc3)ccnc2c1. The number of rotatable bonds is 3. The fraction of sp³-hybridized carbons (Fsp3) is 0. The van der Waals surface area contributed by atoms with E-state index in [-0.39, 0.29) is 0 Å². The molecule has 0 unspecified atom stereocenters. The van der Waals surface area contributed by atoms with Crippen molar-refractivity contribution in [1.82, 2.24) is 9.97 Å². The van der Waals surface area contributed by atoms with Crippen molar-refractivity contribution in [2.75, 3.05) is 5.43 Å². The first kappa shape index (κ1) is 12.6. The first-order chi connectivity index (χ1) is 9.83. The average Bonchev–Trinajstić information content (AvgIpc) is 2.48. The van der Waals surface area contributed by atoms with Gasteiger partial charge >= 0.3 is 0 Å². The van der Waals surface area contributed by atoms with E-state index in [1.807, 2.05) is 36.4 Å². The highest BCUT2D eigenvalue weighted by Crippen LogP contribution is 2.24. The molecule has 5 heteroatoms. The van der Waals surface area contributed by atoms with E-state index in [2.05, 4.69) is 20.5 Å². The predicted octanol–water partition coefficient (Wildman–Crippen LogP) is 3.73. The zero-order chi connectivity index (χ0) is 13.8. The maximum Gasteiger partial charge on any atom is 0.0738 e. The molecule has 1 N–H and O–H groups in total. The van der Waals surface area contributed by atoms with Gasteiger partial charge in [-0.05, 0) is 42.0 Å². The van der Waals surface area contributed by atoms with Crippen LogP contribution in [0.4, 0.5) is 5.69 Å². The lowest BCUT2D eigenvalue weighted by atomic mass is 10.2. The smallest absolute Gasteiger partial charge is 0.0738 e. The largest absolute Gasteiger partial charge is 0.278 e. The van der Waals surface area contributed by atoms with E-state index in [0.717, 1.165) is 22.2 Å². The summed E-state index contributed by atoms with van der Waals surface area (Å²) in [5.74, 6) is 0. The summed E-state index contributed by atoms with van der Waals surface area (Å²) >= 11 is 5.96. The Hall–Kier alpha value is -2.46. The summed E-state index contributed by atoms with van der Waals surface area (Å²) in [6.45, 7) is 0. The zero-order valence-electron chi connectivity index (χ0n) is 10.5. The second kappa shape index (κ2) is 5.67. The van der Waals surface area contributed by atoms with Crippen LogP contribution in [0.25, 0.3) is 10.9 Å². The van der Waals surface area contributed by atoms with Gasteiger partial charge in [0.05, 0.1) is 17.4 Å². The lowest BCUT2D eigenvalue weighted by Crippen LogP contribution is -1.92. The molecular weight excluding hydrogens is 272 g/mol. The van der Waals surface area contributed by atoms with Crippen LogP contribution in [0.2, 0.25) is 5.02 Å². The summed E-state index contributed by atoms with van der Waals surface area (Å²) < 4.78 is 0. The predicted molar refractivity (Wildman–Crippen MR) is 82.2 cm³/mol. The molecule has 2 heterocycles. The molecule has 0 spiro atoms. The maximum atomic E-state index is 5.96. The number of hydrogen-bond acceptors (Lipinski definition) is 4. The molecule has 0 amide bonds. The molecule has 3 aromatic rings. The molecule has 0 aliphatic heterocycles. The van der Waals surface area contributed by atoms with Crippen molar-refractivity contribution in [2.45, 2.75) is 0 Å². The standard InChI is InChI=1S/C15H11ClN4/c16-12-1-2-13-14(5-8-18-15(13)9-12)20-19-10-11-3-6-17-7-4-11/h1-10H,(H,18,20)/b19-10-. The lowest BCUT2D eigenvalue weighted by molar-refractivity contribution is 1.31. The Balaban J connectivity index is 1.86. The van der Waals surface area contributed by atoms with E-state index in [1.165, 1.54) is 0 Å². The second-order valence-corrected chi connectivity index (χ2v) is 4.61. The van der Waals surface area contributed by atoms with Crippen molar-refractivity contribution in [3.63, 3.8) is 0 Å². The number of aromatic nitrogens is 2. The Morgan fingerprint density at radius 2 is 1.90 bits per heavy atom. The number of hydrazone groups is 1. The van der Waals surface area contributed by atoms with Gasteiger partial charge < -0.3 is 0 Å². The lowest BCUT2D eigenvalue weighted by Gasteiger charge is -2.05. The molecule has 0 bridgehead atoms. The van der Waals surface area contributed by atoms with Gasteiger partial charge in [-0.15, -0.1) is 0 Å². The Morgan fingerprint density at radius 1 is 1.05 bits per heavy atom. The molecule has 0 atom stereocenters. The van der Waals surface area contributed by atoms with Crippen molar-refractivity contribution in [2.24, 2.45) is 5.10 Å². The number of halogens is 1. The summed E-state index contributed by atoms with van der Waals surface area (Å²) in [6, 6.07) is 11.2. The first-order valence-electron chi connectivity index (χ1n) is 6.06. The summed E-state index contributed by atoms with van der Waals surface area (Å²) in [4.78, 5) is 8.24. The molecule has 0 saturated carbocycles. The molecular formula is C15H11ClN4. The van der Waals surface area contributed by atoms with Crippen LogP contribution in [0.15, 0.2) is 60.1 Å². The number of benzene rings is 1. The molecule has 1 aromatic carbocycles. The number of anilines is 1. The third-order valence-corrected chi connectivity index (χ3v) is 3.04. The second-order valence-electron chi connectivity index (χ2n) is 4.17. The Morgan fingerprint density at radius 3 is 2.75 bits per heavy atom. The van der Waals surface area contributed by atoms with Crippen molar-refractivity contribution >= 4 is 34.4 Å². The minimum Gasteiger partial charge on any atom is -0.278 e. The van der Waals surface area contributed by atoms with Gasteiger partial charge in [-0.25, -0.2) is 0 Å². The molecule has 0 aliphatic rings. The van der Waals surface area contributed by atoms with Crippen LogP contribution in [0, 0.1) is 0 Å². The number of hydrogen-bond donors (Lipinski definition) is 1. The van der Waals surface area contributed by atoms with Gasteiger partial charge in [0.15, 0.2) is 0 Å². The van der Waals surface area contributed by atoms with Crippen LogP contribution < -0.4 is 5.43 Å². The molecule has 0 aliphatic carbocycles. The quantitative estimate of drug-likeness (QED) is 0.588. The van der Waals surface area contributed by atoms with Gasteiger partial charge in [-0.3, -0.25) is 15.4 Å². The molecule has 2 aromatic heterocycles. The number of pyridine rings is 2. The topological polar surface area (TPSA) is 50.2 Å². The molecule has 4 nitrogen and oxygen atoms in total. The fourth-order valence-electron chi connectivity index (χ4n) is 1.84. The Kier molecular flexibility index (Phi) is 3.56. The van der Waals surface area contributed by atoms with Crippen molar-refractivity contribution in [3.8, 4) is 0 Å². The van der Waals surface area contributed by atoms with Gasteiger partial charge in [0.2, 0.25) is 0 Å². The zero-order valence-corrected chi connectivity index (χ0v) is 11.2. The first-order valence-corrected chi connectivity index (χ1v) is 6.44. The molecule has 20 heavy (non-hydrogen) atoms. The maximum absolute atomic E-state index is 5.96. The summed E-state index contributed by atoms with van der Waals surface area (Å²) in [7, 11) is 0. The van der Waals surface area contributed by atoms with Gasteiger partial charge in [0.25, 0.3) is 0 Å². The average molecular weight is 283 g/mol. The van der Waals surface area contributed by atoms with E-state index in [0.29, 0.717) is 5.02 Å². The number of nitrogens with one attached hydrogen (secondary N) is 1. The monoisotopic (exact) mass is 282 g/mol.